The van der Waals surface area contributed by atoms with Crippen LogP contribution in [0.3, 0.4) is 0 Å². The molecular formula is C9H13BrN2O. The number of nitrogens with zero attached hydrogens (tertiary/aromatic N) is 1. The van der Waals surface area contributed by atoms with Crippen LogP contribution >= 0.6 is 15.9 Å². The molecule has 3 nitrogen and oxygen atoms in total. The van der Waals surface area contributed by atoms with E-state index in [1.807, 2.05) is 18.3 Å². The number of nitrogens with one attached hydrogen (secondary N) is 1. The molecule has 0 saturated heterocycles. The molecule has 2 N–H and O–H groups in total. The van der Waals surface area contributed by atoms with Crippen molar-refractivity contribution in [1.82, 2.24) is 10.3 Å². The number of aliphatic hydroxyl groups is 1. The first kappa shape index (κ1) is 10.6. The van der Waals surface area contributed by atoms with Gasteiger partial charge in [-0.15, -0.1) is 0 Å². The highest BCUT2D eigenvalue weighted by Crippen LogP contribution is 2.05. The first-order valence-electron chi connectivity index (χ1n) is 4.25. The fourth-order valence-electron chi connectivity index (χ4n) is 0.948. The minimum absolute atomic E-state index is 0.242. The Bertz CT molecular complexity index is 238. The predicted octanol–water partition coefficient (Wildman–Crippen LogP) is 1.32. The zero-order valence-electron chi connectivity index (χ0n) is 7.33. The van der Waals surface area contributed by atoms with Crippen molar-refractivity contribution in [3.63, 3.8) is 0 Å². The normalized spacial score (nSPS) is 10.3. The standard InChI is InChI=1S/C9H13BrN2O/c10-9-3-2-8(7-12-9)6-11-4-1-5-13/h2-3,7,11,13H,1,4-6H2. The highest BCUT2D eigenvalue weighted by molar-refractivity contribution is 9.10. The molecule has 1 heterocycles. The van der Waals surface area contributed by atoms with Gasteiger partial charge in [-0.25, -0.2) is 4.98 Å². The molecule has 0 bridgehead atoms. The van der Waals surface area contributed by atoms with Crippen molar-refractivity contribution < 1.29 is 5.11 Å². The Morgan fingerprint density at radius 3 is 2.92 bits per heavy atom. The number of pyridine rings is 1. The monoisotopic (exact) mass is 244 g/mol. The van der Waals surface area contributed by atoms with Crippen molar-refractivity contribution in [3.05, 3.63) is 28.5 Å². The van der Waals surface area contributed by atoms with Gasteiger partial charge in [0.05, 0.1) is 0 Å². The number of aromatic nitrogens is 1. The van der Waals surface area contributed by atoms with Gasteiger partial charge in [-0.1, -0.05) is 6.07 Å². The lowest BCUT2D eigenvalue weighted by Crippen LogP contribution is -2.15. The quantitative estimate of drug-likeness (QED) is 0.607. The largest absolute Gasteiger partial charge is 0.396 e. The zero-order chi connectivity index (χ0) is 9.52. The van der Waals surface area contributed by atoms with Crippen LogP contribution in [0, 0.1) is 0 Å². The molecule has 13 heavy (non-hydrogen) atoms. The Morgan fingerprint density at radius 2 is 2.31 bits per heavy atom. The van der Waals surface area contributed by atoms with Crippen LogP contribution in [0.25, 0.3) is 0 Å². The predicted molar refractivity (Wildman–Crippen MR) is 55.3 cm³/mol. The SMILES string of the molecule is OCCCNCc1ccc(Br)nc1. The molecule has 0 aliphatic heterocycles. The van der Waals surface area contributed by atoms with Gasteiger partial charge >= 0.3 is 0 Å². The van der Waals surface area contributed by atoms with E-state index in [0.29, 0.717) is 0 Å². The molecule has 1 aromatic heterocycles. The smallest absolute Gasteiger partial charge is 0.106 e. The van der Waals surface area contributed by atoms with Crippen molar-refractivity contribution in [1.29, 1.82) is 0 Å². The van der Waals surface area contributed by atoms with E-state index < -0.39 is 0 Å². The van der Waals surface area contributed by atoms with Gasteiger partial charge in [-0.05, 0) is 40.5 Å². The summed E-state index contributed by atoms with van der Waals surface area (Å²) >= 11 is 3.27. The maximum Gasteiger partial charge on any atom is 0.106 e. The second kappa shape index (κ2) is 6.07. The fourth-order valence-corrected chi connectivity index (χ4v) is 1.18. The van der Waals surface area contributed by atoms with Crippen molar-refractivity contribution in [3.8, 4) is 0 Å². The number of hydrogen-bond donors (Lipinski definition) is 2. The van der Waals surface area contributed by atoms with E-state index in [1.165, 1.54) is 0 Å². The minimum Gasteiger partial charge on any atom is -0.396 e. The molecule has 0 unspecified atom stereocenters. The summed E-state index contributed by atoms with van der Waals surface area (Å²) in [5, 5.41) is 11.7. The van der Waals surface area contributed by atoms with E-state index in [1.54, 1.807) is 0 Å². The summed E-state index contributed by atoms with van der Waals surface area (Å²) in [6.07, 6.45) is 2.62. The van der Waals surface area contributed by atoms with E-state index in [9.17, 15) is 0 Å². The van der Waals surface area contributed by atoms with Gasteiger partial charge < -0.3 is 10.4 Å². The summed E-state index contributed by atoms with van der Waals surface area (Å²) in [4.78, 5) is 4.11. The number of rotatable bonds is 5. The average Bonchev–Trinajstić information content (AvgIpc) is 2.15. The molecule has 0 amide bonds. The summed E-state index contributed by atoms with van der Waals surface area (Å²) in [5.41, 5.74) is 1.15. The van der Waals surface area contributed by atoms with Gasteiger partial charge in [-0.3, -0.25) is 0 Å². The molecule has 0 spiro atoms. The lowest BCUT2D eigenvalue weighted by molar-refractivity contribution is 0.286. The highest BCUT2D eigenvalue weighted by atomic mass is 79.9. The molecule has 72 valence electrons. The van der Waals surface area contributed by atoms with E-state index >= 15 is 0 Å². The molecule has 0 aromatic carbocycles. The highest BCUT2D eigenvalue weighted by Gasteiger charge is 1.92. The Kier molecular flexibility index (Phi) is 4.97. The molecule has 0 radical (unpaired) electrons. The van der Waals surface area contributed by atoms with Crippen LogP contribution in [-0.2, 0) is 6.54 Å². The van der Waals surface area contributed by atoms with Gasteiger partial charge in [0.1, 0.15) is 4.60 Å². The van der Waals surface area contributed by atoms with Crippen molar-refractivity contribution >= 4 is 15.9 Å². The van der Waals surface area contributed by atoms with Crippen LogP contribution in [0.1, 0.15) is 12.0 Å². The van der Waals surface area contributed by atoms with Gasteiger partial charge in [0.15, 0.2) is 0 Å². The van der Waals surface area contributed by atoms with Crippen molar-refractivity contribution in [2.45, 2.75) is 13.0 Å². The summed E-state index contributed by atoms with van der Waals surface area (Å²) in [5.74, 6) is 0. The molecule has 0 atom stereocenters. The third-order valence-corrected chi connectivity index (χ3v) is 2.10. The number of aliphatic hydroxyl groups excluding tert-OH is 1. The van der Waals surface area contributed by atoms with Gasteiger partial charge in [0.25, 0.3) is 0 Å². The maximum atomic E-state index is 8.54. The first-order chi connectivity index (χ1) is 6.33. The molecule has 0 aliphatic carbocycles. The molecule has 4 heteroatoms. The van der Waals surface area contributed by atoms with Crippen molar-refractivity contribution in [2.75, 3.05) is 13.2 Å². The Morgan fingerprint density at radius 1 is 1.46 bits per heavy atom. The molecule has 0 fully saturated rings. The van der Waals surface area contributed by atoms with Crippen LogP contribution < -0.4 is 5.32 Å². The molecule has 0 saturated carbocycles. The second-order valence-electron chi connectivity index (χ2n) is 2.74. The molecular weight excluding hydrogens is 232 g/mol. The third-order valence-electron chi connectivity index (χ3n) is 1.63. The minimum atomic E-state index is 0.242. The summed E-state index contributed by atoms with van der Waals surface area (Å²) in [6, 6.07) is 3.94. The van der Waals surface area contributed by atoms with E-state index in [-0.39, 0.29) is 6.61 Å². The van der Waals surface area contributed by atoms with E-state index in [2.05, 4.69) is 26.2 Å². The maximum absolute atomic E-state index is 8.54. The lowest BCUT2D eigenvalue weighted by atomic mass is 10.3. The molecule has 0 aliphatic rings. The fraction of sp³-hybridized carbons (Fsp3) is 0.444. The number of hydrogen-bond acceptors (Lipinski definition) is 3. The molecule has 1 rings (SSSR count). The van der Waals surface area contributed by atoms with Gasteiger partial charge in [-0.2, -0.15) is 0 Å². The van der Waals surface area contributed by atoms with E-state index in [4.69, 9.17) is 5.11 Å². The van der Waals surface area contributed by atoms with Crippen LogP contribution in [0.4, 0.5) is 0 Å². The third kappa shape index (κ3) is 4.36. The summed E-state index contributed by atoms with van der Waals surface area (Å²) < 4.78 is 0.853. The Labute approximate surface area is 86.3 Å². The van der Waals surface area contributed by atoms with Gasteiger partial charge in [0, 0.05) is 19.3 Å². The van der Waals surface area contributed by atoms with Gasteiger partial charge in [0.2, 0.25) is 0 Å². The molecule has 1 aromatic rings. The van der Waals surface area contributed by atoms with Crippen LogP contribution in [0.5, 0.6) is 0 Å². The second-order valence-corrected chi connectivity index (χ2v) is 3.56. The Hall–Kier alpha value is -0.450. The van der Waals surface area contributed by atoms with Crippen LogP contribution in [0.15, 0.2) is 22.9 Å². The number of halogens is 1. The van der Waals surface area contributed by atoms with E-state index in [0.717, 1.165) is 29.7 Å². The summed E-state index contributed by atoms with van der Waals surface area (Å²) in [7, 11) is 0. The van der Waals surface area contributed by atoms with Crippen LogP contribution in [0.2, 0.25) is 0 Å². The average molecular weight is 245 g/mol. The first-order valence-corrected chi connectivity index (χ1v) is 5.04. The van der Waals surface area contributed by atoms with Crippen molar-refractivity contribution in [2.24, 2.45) is 0 Å². The zero-order valence-corrected chi connectivity index (χ0v) is 8.92. The summed E-state index contributed by atoms with van der Waals surface area (Å²) in [6.45, 7) is 1.89. The lowest BCUT2D eigenvalue weighted by Gasteiger charge is -2.02. The Balaban J connectivity index is 2.25. The van der Waals surface area contributed by atoms with Crippen LogP contribution in [-0.4, -0.2) is 23.2 Å². The topological polar surface area (TPSA) is 45.1 Å².